The molecule has 0 aromatic heterocycles. The van der Waals surface area contributed by atoms with Crippen LogP contribution in [0.5, 0.6) is 5.75 Å². The molecule has 1 aromatic carbocycles. The van der Waals surface area contributed by atoms with Gasteiger partial charge in [-0.3, -0.25) is 4.90 Å². The lowest BCUT2D eigenvalue weighted by Crippen LogP contribution is -2.34. The predicted octanol–water partition coefficient (Wildman–Crippen LogP) is 2.23. The van der Waals surface area contributed by atoms with Crippen LogP contribution in [0.1, 0.15) is 0 Å². The van der Waals surface area contributed by atoms with Gasteiger partial charge in [0, 0.05) is 19.8 Å². The molecule has 4 nitrogen and oxygen atoms in total. The summed E-state index contributed by atoms with van der Waals surface area (Å²) >= 11 is 3.36. The number of benzene rings is 1. The number of amides is 2. The first-order valence-electron chi connectivity index (χ1n) is 4.39. The summed E-state index contributed by atoms with van der Waals surface area (Å²) in [5.41, 5.74) is 0.794. The van der Waals surface area contributed by atoms with Crippen molar-refractivity contribution in [3.8, 4) is 5.75 Å². The summed E-state index contributed by atoms with van der Waals surface area (Å²) in [5.74, 6) is 0.740. The highest BCUT2D eigenvalue weighted by molar-refractivity contribution is 9.10. The Balaban J connectivity index is 2.97. The lowest BCUT2D eigenvalue weighted by molar-refractivity contribution is 0.249. The smallest absolute Gasteiger partial charge is 0.321 e. The molecule has 1 aromatic rings. The van der Waals surface area contributed by atoms with Crippen LogP contribution in [0.25, 0.3) is 0 Å². The Morgan fingerprint density at radius 2 is 2.20 bits per heavy atom. The summed E-state index contributed by atoms with van der Waals surface area (Å²) in [6.45, 7) is 0. The molecule has 5 heteroatoms. The molecular weight excluding hydrogens is 260 g/mol. The molecule has 0 radical (unpaired) electrons. The lowest BCUT2D eigenvalue weighted by Gasteiger charge is -2.17. The van der Waals surface area contributed by atoms with E-state index >= 15 is 0 Å². The maximum absolute atomic E-state index is 11.3. The van der Waals surface area contributed by atoms with E-state index in [1.807, 2.05) is 12.1 Å². The quantitative estimate of drug-likeness (QED) is 0.897. The van der Waals surface area contributed by atoms with Crippen molar-refractivity contribution in [2.24, 2.45) is 0 Å². The van der Waals surface area contributed by atoms with Crippen LogP contribution in [0, 0.1) is 0 Å². The van der Waals surface area contributed by atoms with Gasteiger partial charge in [-0.2, -0.15) is 0 Å². The molecule has 0 bridgehead atoms. The molecule has 82 valence electrons. The van der Waals surface area contributed by atoms with Crippen molar-refractivity contribution in [1.82, 2.24) is 5.32 Å². The van der Waals surface area contributed by atoms with E-state index in [1.165, 1.54) is 4.90 Å². The van der Waals surface area contributed by atoms with Crippen LogP contribution >= 0.6 is 15.9 Å². The van der Waals surface area contributed by atoms with Crippen LogP contribution in [0.2, 0.25) is 0 Å². The maximum Gasteiger partial charge on any atom is 0.321 e. The van der Waals surface area contributed by atoms with Crippen molar-refractivity contribution in [3.05, 3.63) is 22.7 Å². The molecule has 0 saturated heterocycles. The van der Waals surface area contributed by atoms with Crippen molar-refractivity contribution in [1.29, 1.82) is 0 Å². The molecule has 15 heavy (non-hydrogen) atoms. The zero-order valence-corrected chi connectivity index (χ0v) is 10.5. The molecule has 0 aliphatic rings. The summed E-state index contributed by atoms with van der Waals surface area (Å²) < 4.78 is 5.92. The van der Waals surface area contributed by atoms with Gasteiger partial charge in [-0.1, -0.05) is 0 Å². The van der Waals surface area contributed by atoms with Crippen LogP contribution in [-0.2, 0) is 0 Å². The number of methoxy groups -OCH3 is 1. The first-order valence-corrected chi connectivity index (χ1v) is 5.18. The Morgan fingerprint density at radius 1 is 1.53 bits per heavy atom. The summed E-state index contributed by atoms with van der Waals surface area (Å²) in [6, 6.07) is 5.29. The minimum absolute atomic E-state index is 0.160. The number of rotatable bonds is 2. The summed E-state index contributed by atoms with van der Waals surface area (Å²) in [6.07, 6.45) is 0. The van der Waals surface area contributed by atoms with Crippen molar-refractivity contribution in [3.63, 3.8) is 0 Å². The number of urea groups is 1. The van der Waals surface area contributed by atoms with Crippen molar-refractivity contribution < 1.29 is 9.53 Å². The fourth-order valence-electron chi connectivity index (χ4n) is 1.15. The van der Waals surface area contributed by atoms with Crippen molar-refractivity contribution >= 4 is 27.6 Å². The number of ether oxygens (including phenoxy) is 1. The normalized spacial score (nSPS) is 9.60. The van der Waals surface area contributed by atoms with Gasteiger partial charge in [0.25, 0.3) is 0 Å². The van der Waals surface area contributed by atoms with Gasteiger partial charge in [0.05, 0.1) is 11.6 Å². The molecule has 0 fully saturated rings. The van der Waals surface area contributed by atoms with Crippen LogP contribution < -0.4 is 15.0 Å². The second-order valence-electron chi connectivity index (χ2n) is 2.93. The third kappa shape index (κ3) is 2.62. The highest BCUT2D eigenvalue weighted by Crippen LogP contribution is 2.29. The number of carbonyl (C=O) groups excluding carboxylic acids is 1. The third-order valence-corrected chi connectivity index (χ3v) is 2.66. The van der Waals surface area contributed by atoms with E-state index < -0.39 is 0 Å². The zero-order valence-electron chi connectivity index (χ0n) is 8.87. The second kappa shape index (κ2) is 5.02. The fraction of sp³-hybridized carbons (Fsp3) is 0.300. The van der Waals surface area contributed by atoms with Gasteiger partial charge in [0.15, 0.2) is 0 Å². The zero-order chi connectivity index (χ0) is 11.4. The van der Waals surface area contributed by atoms with E-state index in [4.69, 9.17) is 4.74 Å². The highest BCUT2D eigenvalue weighted by Gasteiger charge is 2.10. The van der Waals surface area contributed by atoms with E-state index in [1.54, 1.807) is 27.3 Å². The SMILES string of the molecule is CNC(=O)N(C)c1ccc(OC)c(Br)c1. The Bertz CT molecular complexity index is 368. The lowest BCUT2D eigenvalue weighted by atomic mass is 10.3. The van der Waals surface area contributed by atoms with Gasteiger partial charge in [0.1, 0.15) is 5.75 Å². The maximum atomic E-state index is 11.3. The molecule has 0 spiro atoms. The predicted molar refractivity (Wildman–Crippen MR) is 63.6 cm³/mol. The Kier molecular flexibility index (Phi) is 3.96. The van der Waals surface area contributed by atoms with Crippen LogP contribution in [0.4, 0.5) is 10.5 Å². The number of hydrogen-bond donors (Lipinski definition) is 1. The summed E-state index contributed by atoms with van der Waals surface area (Å²) in [5, 5.41) is 2.55. The van der Waals surface area contributed by atoms with Gasteiger partial charge >= 0.3 is 6.03 Å². The van der Waals surface area contributed by atoms with Gasteiger partial charge in [-0.25, -0.2) is 4.79 Å². The number of nitrogens with zero attached hydrogens (tertiary/aromatic N) is 1. The molecule has 0 atom stereocenters. The van der Waals surface area contributed by atoms with E-state index in [0.29, 0.717) is 0 Å². The Hall–Kier alpha value is -1.23. The summed E-state index contributed by atoms with van der Waals surface area (Å²) in [7, 11) is 4.90. The second-order valence-corrected chi connectivity index (χ2v) is 3.79. The molecule has 2 amide bonds. The average Bonchev–Trinajstić information content (AvgIpc) is 2.26. The average molecular weight is 273 g/mol. The monoisotopic (exact) mass is 272 g/mol. The minimum atomic E-state index is -0.160. The standard InChI is InChI=1S/C10H13BrN2O2/c1-12-10(14)13(2)7-4-5-9(15-3)8(11)6-7/h4-6H,1-3H3,(H,12,14). The molecule has 0 aliphatic heterocycles. The van der Waals surface area contributed by atoms with Crippen molar-refractivity contribution in [2.45, 2.75) is 0 Å². The Morgan fingerprint density at radius 3 is 2.67 bits per heavy atom. The van der Waals surface area contributed by atoms with E-state index in [0.717, 1.165) is 15.9 Å². The number of anilines is 1. The topological polar surface area (TPSA) is 41.6 Å². The van der Waals surface area contributed by atoms with Gasteiger partial charge in [-0.15, -0.1) is 0 Å². The number of nitrogens with one attached hydrogen (secondary N) is 1. The van der Waals surface area contributed by atoms with Crippen LogP contribution in [0.15, 0.2) is 22.7 Å². The Labute approximate surface area is 97.3 Å². The molecule has 1 rings (SSSR count). The van der Waals surface area contributed by atoms with Crippen LogP contribution in [0.3, 0.4) is 0 Å². The van der Waals surface area contributed by atoms with Gasteiger partial charge in [-0.05, 0) is 34.1 Å². The number of hydrogen-bond acceptors (Lipinski definition) is 2. The third-order valence-electron chi connectivity index (χ3n) is 2.04. The number of carbonyl (C=O) groups is 1. The highest BCUT2D eigenvalue weighted by atomic mass is 79.9. The van der Waals surface area contributed by atoms with E-state index in [2.05, 4.69) is 21.2 Å². The first-order chi connectivity index (χ1) is 7.10. The van der Waals surface area contributed by atoms with Crippen LogP contribution in [-0.4, -0.2) is 27.2 Å². The molecule has 0 unspecified atom stereocenters. The molecule has 1 N–H and O–H groups in total. The molecule has 0 aliphatic carbocycles. The molecule has 0 heterocycles. The van der Waals surface area contributed by atoms with E-state index in [9.17, 15) is 4.79 Å². The fourth-order valence-corrected chi connectivity index (χ4v) is 1.68. The van der Waals surface area contributed by atoms with Gasteiger partial charge < -0.3 is 10.1 Å². The molecule has 0 saturated carbocycles. The van der Waals surface area contributed by atoms with E-state index in [-0.39, 0.29) is 6.03 Å². The number of halogens is 1. The van der Waals surface area contributed by atoms with Crippen molar-refractivity contribution in [2.75, 3.05) is 26.1 Å². The molecular formula is C10H13BrN2O2. The summed E-state index contributed by atoms with van der Waals surface area (Å²) in [4.78, 5) is 12.9. The largest absolute Gasteiger partial charge is 0.496 e. The van der Waals surface area contributed by atoms with Gasteiger partial charge in [0.2, 0.25) is 0 Å². The first kappa shape index (κ1) is 11.8. The minimum Gasteiger partial charge on any atom is -0.496 e.